The highest BCUT2D eigenvalue weighted by Gasteiger charge is 2.15. The Labute approximate surface area is 142 Å². The van der Waals surface area contributed by atoms with Crippen molar-refractivity contribution in [3.8, 4) is 0 Å². The van der Waals surface area contributed by atoms with Crippen molar-refractivity contribution in [3.63, 3.8) is 0 Å². The van der Waals surface area contributed by atoms with Crippen LogP contribution in [0.5, 0.6) is 0 Å². The third kappa shape index (κ3) is 5.30. The largest absolute Gasteiger partial charge is 0.350 e. The van der Waals surface area contributed by atoms with Crippen molar-refractivity contribution in [3.05, 3.63) is 65.2 Å². The van der Waals surface area contributed by atoms with E-state index in [1.165, 1.54) is 10.5 Å². The van der Waals surface area contributed by atoms with Crippen LogP contribution in [-0.2, 0) is 0 Å². The van der Waals surface area contributed by atoms with Crippen LogP contribution in [0.1, 0.15) is 11.6 Å². The van der Waals surface area contributed by atoms with Crippen molar-refractivity contribution >= 4 is 34.6 Å². The van der Waals surface area contributed by atoms with Gasteiger partial charge >= 0.3 is 0 Å². The predicted molar refractivity (Wildman–Crippen MR) is 97.7 cm³/mol. The topological polar surface area (TPSA) is 28.5 Å². The lowest BCUT2D eigenvalue weighted by molar-refractivity contribution is -0.860. The fourth-order valence-corrected chi connectivity index (χ4v) is 2.59. The van der Waals surface area contributed by atoms with Crippen molar-refractivity contribution in [2.24, 2.45) is 0 Å². The number of anilines is 1. The van der Waals surface area contributed by atoms with Gasteiger partial charge in [0, 0.05) is 10.7 Å². The Kier molecular flexibility index (Phi) is 6.19. The normalized spacial score (nSPS) is 12.0. The van der Waals surface area contributed by atoms with E-state index in [9.17, 15) is 0 Å². The van der Waals surface area contributed by atoms with Crippen LogP contribution in [0.4, 0.5) is 5.69 Å². The molecule has 2 aromatic rings. The van der Waals surface area contributed by atoms with Crippen LogP contribution in [-0.4, -0.2) is 25.8 Å². The van der Waals surface area contributed by atoms with E-state index in [-0.39, 0.29) is 6.04 Å². The van der Waals surface area contributed by atoms with Crippen molar-refractivity contribution in [1.29, 1.82) is 0 Å². The standard InChI is InChI=1S/C17H20ClN3S/c1-21(2)12-16(13-6-4-3-5-7-13)20-17(22)19-15-10-8-14(18)9-11-15/h3-11,16H,12H2,1-2H3,(H2,19,20,22)/p+1/t16-/m1/s1. The maximum absolute atomic E-state index is 5.89. The molecule has 0 aliphatic rings. The second kappa shape index (κ2) is 8.13. The Morgan fingerprint density at radius 3 is 2.32 bits per heavy atom. The molecule has 0 spiro atoms. The maximum atomic E-state index is 5.89. The van der Waals surface area contributed by atoms with E-state index < -0.39 is 0 Å². The number of halogens is 1. The van der Waals surface area contributed by atoms with Gasteiger partial charge in [-0.3, -0.25) is 0 Å². The average Bonchev–Trinajstić information content (AvgIpc) is 2.49. The molecule has 0 fully saturated rings. The molecule has 0 saturated heterocycles. The van der Waals surface area contributed by atoms with Crippen LogP contribution in [0.25, 0.3) is 0 Å². The summed E-state index contributed by atoms with van der Waals surface area (Å²) in [7, 11) is 4.26. The number of thiocarbonyl (C=S) groups is 1. The molecule has 2 aromatic carbocycles. The zero-order chi connectivity index (χ0) is 15.9. The fraction of sp³-hybridized carbons (Fsp3) is 0.235. The highest BCUT2D eigenvalue weighted by molar-refractivity contribution is 7.80. The molecule has 5 heteroatoms. The molecule has 1 atom stereocenters. The number of quaternary nitrogens is 1. The third-order valence-corrected chi connectivity index (χ3v) is 3.69. The lowest BCUT2D eigenvalue weighted by atomic mass is 10.1. The van der Waals surface area contributed by atoms with Crippen LogP contribution in [0, 0.1) is 0 Å². The fourth-order valence-electron chi connectivity index (χ4n) is 2.20. The zero-order valence-corrected chi connectivity index (χ0v) is 14.3. The summed E-state index contributed by atoms with van der Waals surface area (Å²) >= 11 is 11.3. The molecule has 2 rings (SSSR count). The molecule has 0 aliphatic heterocycles. The van der Waals surface area contributed by atoms with E-state index in [2.05, 4.69) is 36.9 Å². The molecule has 0 saturated carbocycles. The molecule has 3 N–H and O–H groups in total. The summed E-state index contributed by atoms with van der Waals surface area (Å²) in [6, 6.07) is 18.0. The summed E-state index contributed by atoms with van der Waals surface area (Å²) in [4.78, 5) is 1.36. The van der Waals surface area contributed by atoms with E-state index in [1.54, 1.807) is 0 Å². The molecular formula is C17H21ClN3S+. The average molecular weight is 335 g/mol. The first-order chi connectivity index (χ1) is 10.5. The Bertz CT molecular complexity index is 599. The van der Waals surface area contributed by atoms with Crippen molar-refractivity contribution in [1.82, 2.24) is 5.32 Å². The first-order valence-electron chi connectivity index (χ1n) is 7.21. The summed E-state index contributed by atoms with van der Waals surface area (Å²) in [5, 5.41) is 7.91. The van der Waals surface area contributed by atoms with Crippen molar-refractivity contribution in [2.75, 3.05) is 26.0 Å². The number of likely N-dealkylation sites (N-methyl/N-ethyl adjacent to an activating group) is 1. The Balaban J connectivity index is 2.03. The van der Waals surface area contributed by atoms with Gasteiger partial charge in [0.1, 0.15) is 12.6 Å². The van der Waals surface area contributed by atoms with Crippen LogP contribution in [0.2, 0.25) is 5.02 Å². The number of nitrogens with one attached hydrogen (secondary N) is 3. The van der Waals surface area contributed by atoms with Gasteiger partial charge in [0.15, 0.2) is 5.11 Å². The molecule has 0 heterocycles. The van der Waals surface area contributed by atoms with E-state index in [4.69, 9.17) is 23.8 Å². The Morgan fingerprint density at radius 2 is 1.73 bits per heavy atom. The SMILES string of the molecule is C[NH+](C)C[C@@H](NC(=S)Nc1ccc(Cl)cc1)c1ccccc1. The number of benzene rings is 2. The number of rotatable bonds is 5. The second-order valence-electron chi connectivity index (χ2n) is 5.48. The van der Waals surface area contributed by atoms with E-state index >= 15 is 0 Å². The summed E-state index contributed by atoms with van der Waals surface area (Å²) in [5.74, 6) is 0. The van der Waals surface area contributed by atoms with E-state index in [0.717, 1.165) is 12.2 Å². The van der Waals surface area contributed by atoms with Gasteiger partial charge in [-0.2, -0.15) is 0 Å². The van der Waals surface area contributed by atoms with Gasteiger partial charge in [-0.15, -0.1) is 0 Å². The smallest absolute Gasteiger partial charge is 0.171 e. The Morgan fingerprint density at radius 1 is 1.09 bits per heavy atom. The van der Waals surface area contributed by atoms with Gasteiger partial charge in [0.2, 0.25) is 0 Å². The molecule has 0 aliphatic carbocycles. The van der Waals surface area contributed by atoms with Crippen molar-refractivity contribution < 1.29 is 4.90 Å². The molecule has 0 bridgehead atoms. The molecular weight excluding hydrogens is 314 g/mol. The van der Waals surface area contributed by atoms with Crippen LogP contribution >= 0.6 is 23.8 Å². The summed E-state index contributed by atoms with van der Waals surface area (Å²) in [6.07, 6.45) is 0. The first kappa shape index (κ1) is 16.7. The minimum absolute atomic E-state index is 0.165. The van der Waals surface area contributed by atoms with Gasteiger partial charge in [-0.05, 0) is 42.0 Å². The quantitative estimate of drug-likeness (QED) is 0.734. The van der Waals surface area contributed by atoms with E-state index in [0.29, 0.717) is 10.1 Å². The maximum Gasteiger partial charge on any atom is 0.171 e. The van der Waals surface area contributed by atoms with Crippen LogP contribution < -0.4 is 15.5 Å². The van der Waals surface area contributed by atoms with Gasteiger partial charge in [0.05, 0.1) is 14.1 Å². The number of hydrogen-bond donors (Lipinski definition) is 3. The van der Waals surface area contributed by atoms with Gasteiger partial charge in [-0.25, -0.2) is 0 Å². The molecule has 116 valence electrons. The van der Waals surface area contributed by atoms with Crippen LogP contribution in [0.3, 0.4) is 0 Å². The summed E-state index contributed by atoms with van der Waals surface area (Å²) in [6.45, 7) is 0.937. The third-order valence-electron chi connectivity index (χ3n) is 3.22. The lowest BCUT2D eigenvalue weighted by Gasteiger charge is -2.22. The first-order valence-corrected chi connectivity index (χ1v) is 8.00. The minimum Gasteiger partial charge on any atom is -0.350 e. The van der Waals surface area contributed by atoms with E-state index in [1.807, 2.05) is 42.5 Å². The van der Waals surface area contributed by atoms with Gasteiger partial charge in [-0.1, -0.05) is 41.9 Å². The molecule has 0 radical (unpaired) electrons. The minimum atomic E-state index is 0.165. The number of hydrogen-bond acceptors (Lipinski definition) is 1. The summed E-state index contributed by atoms with van der Waals surface area (Å²) in [5.41, 5.74) is 2.15. The Hall–Kier alpha value is -1.62. The molecule has 0 amide bonds. The zero-order valence-electron chi connectivity index (χ0n) is 12.8. The summed E-state index contributed by atoms with van der Waals surface area (Å²) < 4.78 is 0. The molecule has 3 nitrogen and oxygen atoms in total. The molecule has 0 aromatic heterocycles. The molecule has 22 heavy (non-hydrogen) atoms. The monoisotopic (exact) mass is 334 g/mol. The second-order valence-corrected chi connectivity index (χ2v) is 6.32. The van der Waals surface area contributed by atoms with Gasteiger partial charge < -0.3 is 15.5 Å². The van der Waals surface area contributed by atoms with Gasteiger partial charge in [0.25, 0.3) is 0 Å². The van der Waals surface area contributed by atoms with Crippen LogP contribution in [0.15, 0.2) is 54.6 Å². The predicted octanol–water partition coefficient (Wildman–Crippen LogP) is 2.51. The highest BCUT2D eigenvalue weighted by Crippen LogP contribution is 2.14. The molecule has 0 unspecified atom stereocenters. The lowest BCUT2D eigenvalue weighted by Crippen LogP contribution is -3.06. The van der Waals surface area contributed by atoms with Crippen molar-refractivity contribution in [2.45, 2.75) is 6.04 Å². The highest BCUT2D eigenvalue weighted by atomic mass is 35.5.